The molecule has 1 saturated heterocycles. The molecule has 96 valence electrons. The first kappa shape index (κ1) is 12.0. The molecule has 0 N–H and O–H groups in total. The SMILES string of the molecule is CC1CC(C(=O)c2cc(Cl)cc3c2OCC3)CO1. The summed E-state index contributed by atoms with van der Waals surface area (Å²) in [5.74, 6) is 0.760. The highest BCUT2D eigenvalue weighted by Gasteiger charge is 2.32. The van der Waals surface area contributed by atoms with Crippen molar-refractivity contribution in [3.8, 4) is 5.75 Å². The molecule has 0 amide bonds. The molecule has 3 nitrogen and oxygen atoms in total. The van der Waals surface area contributed by atoms with Gasteiger partial charge in [0.25, 0.3) is 0 Å². The van der Waals surface area contributed by atoms with Gasteiger partial charge in [-0.3, -0.25) is 4.79 Å². The van der Waals surface area contributed by atoms with Gasteiger partial charge in [-0.15, -0.1) is 0 Å². The standard InChI is InChI=1S/C14H15ClO3/c1-8-4-10(7-18-8)13(16)12-6-11(15)5-9-2-3-17-14(9)12/h5-6,8,10H,2-4,7H2,1H3. The molecule has 0 radical (unpaired) electrons. The first-order valence-corrected chi connectivity index (χ1v) is 6.64. The van der Waals surface area contributed by atoms with Gasteiger partial charge >= 0.3 is 0 Å². The third-order valence-corrected chi connectivity index (χ3v) is 3.80. The summed E-state index contributed by atoms with van der Waals surface area (Å²) < 4.78 is 11.0. The zero-order valence-corrected chi connectivity index (χ0v) is 11.0. The molecule has 2 unspecified atom stereocenters. The van der Waals surface area contributed by atoms with Crippen LogP contribution in [-0.4, -0.2) is 25.1 Å². The van der Waals surface area contributed by atoms with E-state index in [1.807, 2.05) is 13.0 Å². The highest BCUT2D eigenvalue weighted by Crippen LogP contribution is 2.35. The number of benzene rings is 1. The first-order valence-electron chi connectivity index (χ1n) is 6.26. The molecule has 2 atom stereocenters. The van der Waals surface area contributed by atoms with Crippen LogP contribution < -0.4 is 4.74 Å². The summed E-state index contributed by atoms with van der Waals surface area (Å²) in [6, 6.07) is 3.60. The normalized spacial score (nSPS) is 25.9. The van der Waals surface area contributed by atoms with E-state index in [4.69, 9.17) is 21.1 Å². The van der Waals surface area contributed by atoms with Crippen molar-refractivity contribution in [1.82, 2.24) is 0 Å². The Balaban J connectivity index is 1.94. The molecule has 18 heavy (non-hydrogen) atoms. The lowest BCUT2D eigenvalue weighted by Crippen LogP contribution is -2.15. The molecular weight excluding hydrogens is 252 g/mol. The molecule has 0 saturated carbocycles. The Hall–Kier alpha value is -1.06. The van der Waals surface area contributed by atoms with E-state index in [1.54, 1.807) is 6.07 Å². The fourth-order valence-corrected chi connectivity index (χ4v) is 2.91. The highest BCUT2D eigenvalue weighted by molar-refractivity contribution is 6.31. The number of ketones is 1. The van der Waals surface area contributed by atoms with Crippen molar-refractivity contribution in [3.05, 3.63) is 28.3 Å². The maximum absolute atomic E-state index is 12.5. The fraction of sp³-hybridized carbons (Fsp3) is 0.500. The summed E-state index contributed by atoms with van der Waals surface area (Å²) in [5, 5.41) is 0.606. The van der Waals surface area contributed by atoms with Crippen molar-refractivity contribution in [2.45, 2.75) is 25.9 Å². The smallest absolute Gasteiger partial charge is 0.172 e. The number of hydrogen-bond donors (Lipinski definition) is 0. The Morgan fingerprint density at radius 3 is 3.00 bits per heavy atom. The molecule has 0 spiro atoms. The molecule has 0 bridgehead atoms. The molecule has 2 heterocycles. The first-order chi connectivity index (χ1) is 8.65. The Kier molecular flexibility index (Phi) is 3.04. The average Bonchev–Trinajstić information content (AvgIpc) is 2.95. The zero-order chi connectivity index (χ0) is 12.7. The minimum absolute atomic E-state index is 0.0632. The quantitative estimate of drug-likeness (QED) is 0.772. The largest absolute Gasteiger partial charge is 0.492 e. The number of halogens is 1. The summed E-state index contributed by atoms with van der Waals surface area (Å²) in [6.07, 6.45) is 1.76. The lowest BCUT2D eigenvalue weighted by Gasteiger charge is -2.11. The summed E-state index contributed by atoms with van der Waals surface area (Å²) in [4.78, 5) is 12.5. The van der Waals surface area contributed by atoms with E-state index in [0.717, 1.165) is 24.2 Å². The molecule has 0 aromatic heterocycles. The van der Waals surface area contributed by atoms with Crippen LogP contribution in [0.15, 0.2) is 12.1 Å². The van der Waals surface area contributed by atoms with Gasteiger partial charge in [-0.05, 0) is 31.0 Å². The molecule has 4 heteroatoms. The van der Waals surface area contributed by atoms with Crippen molar-refractivity contribution in [1.29, 1.82) is 0 Å². The predicted octanol–water partition coefficient (Wildman–Crippen LogP) is 2.88. The van der Waals surface area contributed by atoms with Crippen molar-refractivity contribution in [2.75, 3.05) is 13.2 Å². The number of Topliss-reactive ketones (excluding diaryl/α,β-unsaturated/α-hetero) is 1. The van der Waals surface area contributed by atoms with Gasteiger partial charge in [0, 0.05) is 17.4 Å². The van der Waals surface area contributed by atoms with Crippen LogP contribution >= 0.6 is 11.6 Å². The van der Waals surface area contributed by atoms with E-state index in [9.17, 15) is 4.79 Å². The predicted molar refractivity (Wildman–Crippen MR) is 68.5 cm³/mol. The second-order valence-electron chi connectivity index (χ2n) is 4.98. The van der Waals surface area contributed by atoms with Gasteiger partial charge in [-0.1, -0.05) is 11.6 Å². The van der Waals surface area contributed by atoms with Gasteiger partial charge in [0.15, 0.2) is 5.78 Å². The van der Waals surface area contributed by atoms with Gasteiger partial charge in [0.1, 0.15) is 5.75 Å². The summed E-state index contributed by atoms with van der Waals surface area (Å²) in [7, 11) is 0. The minimum atomic E-state index is -0.0632. The number of hydrogen-bond acceptors (Lipinski definition) is 3. The molecule has 0 aliphatic carbocycles. The molecule has 3 rings (SSSR count). The molecule has 2 aliphatic rings. The van der Waals surface area contributed by atoms with E-state index >= 15 is 0 Å². The lowest BCUT2D eigenvalue weighted by molar-refractivity contribution is 0.0875. The summed E-state index contributed by atoms with van der Waals surface area (Å²) in [6.45, 7) is 3.13. The van der Waals surface area contributed by atoms with Crippen molar-refractivity contribution >= 4 is 17.4 Å². The number of ether oxygens (including phenoxy) is 2. The second kappa shape index (κ2) is 4.56. The van der Waals surface area contributed by atoms with Crippen LogP contribution in [0, 0.1) is 5.92 Å². The van der Waals surface area contributed by atoms with Crippen molar-refractivity contribution < 1.29 is 14.3 Å². The van der Waals surface area contributed by atoms with Crippen LogP contribution in [0.25, 0.3) is 0 Å². The summed E-state index contributed by atoms with van der Waals surface area (Å²) in [5.41, 5.74) is 1.66. The van der Waals surface area contributed by atoms with E-state index in [0.29, 0.717) is 23.8 Å². The fourth-order valence-electron chi connectivity index (χ4n) is 2.67. The van der Waals surface area contributed by atoms with E-state index in [2.05, 4.69) is 0 Å². The van der Waals surface area contributed by atoms with Gasteiger partial charge < -0.3 is 9.47 Å². The van der Waals surface area contributed by atoms with Gasteiger partial charge in [-0.2, -0.15) is 0 Å². The third kappa shape index (κ3) is 2.02. The van der Waals surface area contributed by atoms with Crippen LogP contribution in [0.5, 0.6) is 5.75 Å². The Bertz CT molecular complexity index is 498. The van der Waals surface area contributed by atoms with Gasteiger partial charge in [-0.25, -0.2) is 0 Å². The molecule has 1 aromatic carbocycles. The van der Waals surface area contributed by atoms with E-state index in [1.165, 1.54) is 0 Å². The number of fused-ring (bicyclic) bond motifs is 1. The number of carbonyl (C=O) groups is 1. The molecule has 1 fully saturated rings. The molecule has 2 aliphatic heterocycles. The average molecular weight is 267 g/mol. The summed E-state index contributed by atoms with van der Waals surface area (Å²) >= 11 is 6.07. The Morgan fingerprint density at radius 1 is 1.44 bits per heavy atom. The minimum Gasteiger partial charge on any atom is -0.492 e. The third-order valence-electron chi connectivity index (χ3n) is 3.58. The highest BCUT2D eigenvalue weighted by atomic mass is 35.5. The topological polar surface area (TPSA) is 35.5 Å². The maximum atomic E-state index is 12.5. The Morgan fingerprint density at radius 2 is 2.28 bits per heavy atom. The Labute approximate surface area is 111 Å². The number of rotatable bonds is 2. The van der Waals surface area contributed by atoms with Crippen molar-refractivity contribution in [2.24, 2.45) is 5.92 Å². The van der Waals surface area contributed by atoms with Crippen LogP contribution in [-0.2, 0) is 11.2 Å². The van der Waals surface area contributed by atoms with E-state index in [-0.39, 0.29) is 17.8 Å². The van der Waals surface area contributed by atoms with Crippen LogP contribution in [0.3, 0.4) is 0 Å². The van der Waals surface area contributed by atoms with Crippen LogP contribution in [0.2, 0.25) is 5.02 Å². The van der Waals surface area contributed by atoms with Gasteiger partial charge in [0.05, 0.1) is 24.9 Å². The molecular formula is C14H15ClO3. The lowest BCUT2D eigenvalue weighted by atomic mass is 9.93. The monoisotopic (exact) mass is 266 g/mol. The molecule has 1 aromatic rings. The van der Waals surface area contributed by atoms with Crippen LogP contribution in [0.1, 0.15) is 29.3 Å². The van der Waals surface area contributed by atoms with E-state index < -0.39 is 0 Å². The zero-order valence-electron chi connectivity index (χ0n) is 10.2. The van der Waals surface area contributed by atoms with Crippen molar-refractivity contribution in [3.63, 3.8) is 0 Å². The van der Waals surface area contributed by atoms with Crippen LogP contribution in [0.4, 0.5) is 0 Å². The maximum Gasteiger partial charge on any atom is 0.172 e. The number of carbonyl (C=O) groups excluding carboxylic acids is 1. The second-order valence-corrected chi connectivity index (χ2v) is 5.42. The van der Waals surface area contributed by atoms with Gasteiger partial charge in [0.2, 0.25) is 0 Å².